The Kier molecular flexibility index (Phi) is 27.4. The average Bonchev–Trinajstić information content (AvgIpc) is 3.76. The van der Waals surface area contributed by atoms with Crippen LogP contribution >= 0.6 is 179 Å². The first-order valence-corrected chi connectivity index (χ1v) is 26.7. The fourth-order valence-corrected chi connectivity index (χ4v) is 7.31. The van der Waals surface area contributed by atoms with Crippen LogP contribution in [0.2, 0.25) is 0 Å². The summed E-state index contributed by atoms with van der Waals surface area (Å²) in [6.07, 6.45) is 1.47. The molecule has 0 aromatic carbocycles. The number of hydrogen-bond donors (Lipinski definition) is 2. The van der Waals surface area contributed by atoms with Crippen molar-refractivity contribution >= 4 is 207 Å². The number of nitrogens with zero attached hydrogens (tertiary/aromatic N) is 6. The van der Waals surface area contributed by atoms with E-state index in [9.17, 15) is 14.4 Å². The van der Waals surface area contributed by atoms with Crippen LogP contribution in [0.1, 0.15) is 45.2 Å². The number of ether oxygens (including phenoxy) is 1. The minimum absolute atomic E-state index is 0. The number of H-pyrrole nitrogens is 2. The van der Waals surface area contributed by atoms with Crippen LogP contribution in [0.3, 0.4) is 0 Å². The van der Waals surface area contributed by atoms with Crippen molar-refractivity contribution in [2.24, 2.45) is 14.1 Å². The van der Waals surface area contributed by atoms with Gasteiger partial charge in [0, 0.05) is 19.5 Å². The Balaban J connectivity index is 0. The summed E-state index contributed by atoms with van der Waals surface area (Å²) in [5, 5.41) is 21.8. The molecule has 0 saturated heterocycles. The second-order valence-electron chi connectivity index (χ2n) is 7.04. The van der Waals surface area contributed by atoms with Crippen LogP contribution < -0.4 is 0 Å². The molecule has 0 unspecified atom stereocenters. The Labute approximate surface area is 365 Å². The van der Waals surface area contributed by atoms with Crippen molar-refractivity contribution in [2.75, 3.05) is 7.11 Å². The van der Waals surface area contributed by atoms with Gasteiger partial charge in [0.1, 0.15) is 41.9 Å². The number of carbonyl (C=O) groups is 3. The van der Waals surface area contributed by atoms with Gasteiger partial charge in [-0.2, -0.15) is 20.4 Å². The predicted molar refractivity (Wildman–Crippen MR) is 224 cm³/mol. The number of carbonyl (C=O) groups excluding carboxylic acids is 3. The molecule has 24 heteroatoms. The quantitative estimate of drug-likeness (QED) is 0.103. The number of nitrogens with one attached hydrogen (secondary N) is 2. The number of fused-ring (bicyclic) bond motifs is 1. The van der Waals surface area contributed by atoms with Crippen molar-refractivity contribution in [1.82, 2.24) is 40.0 Å². The number of aldehydes is 2. The molecule has 0 spiro atoms. The van der Waals surface area contributed by atoms with E-state index in [0.29, 0.717) is 43.9 Å². The Morgan fingerprint density at radius 2 is 1.35 bits per heavy atom. The van der Waals surface area contributed by atoms with Gasteiger partial charge < -0.3 is 4.74 Å². The molecule has 5 heterocycles. The zero-order valence-corrected chi connectivity index (χ0v) is 40.9. The zero-order chi connectivity index (χ0) is 33.7. The first-order chi connectivity index (χ1) is 20.7. The van der Waals surface area contributed by atoms with Gasteiger partial charge in [0.15, 0.2) is 12.6 Å². The van der Waals surface area contributed by atoms with Gasteiger partial charge in [0.25, 0.3) is 0 Å². The number of aryl methyl sites for hydroxylation is 2. The molecule has 46 heavy (non-hydrogen) atoms. The normalized spacial score (nSPS) is 9.33. The third-order valence-corrected chi connectivity index (χ3v) is 11.9. The number of aromatic amines is 2. The summed E-state index contributed by atoms with van der Waals surface area (Å²) in [5.41, 5.74) is 1.05. The molecule has 5 rings (SSSR count). The van der Waals surface area contributed by atoms with Crippen molar-refractivity contribution in [3.05, 3.63) is 58.8 Å². The first kappa shape index (κ1) is 49.6. The Morgan fingerprint density at radius 3 is 1.63 bits per heavy atom. The van der Waals surface area contributed by atoms with Crippen LogP contribution in [0, 0.1) is 0 Å². The molecule has 0 saturated carbocycles. The summed E-state index contributed by atoms with van der Waals surface area (Å²) >= 11 is 31.6. The molecule has 0 aliphatic rings. The Hall–Kier alpha value is 1.49. The third kappa shape index (κ3) is 15.0. The fraction of sp³-hybridized carbons (Fsp3) is 0.227. The summed E-state index contributed by atoms with van der Waals surface area (Å²) < 4.78 is 13.6. The maximum absolute atomic E-state index is 11.2. The monoisotopic (exact) mass is 1430 g/mol. The zero-order valence-electron chi connectivity index (χ0n) is 21.7. The van der Waals surface area contributed by atoms with Gasteiger partial charge in [-0.1, -0.05) is 14.9 Å². The van der Waals surface area contributed by atoms with E-state index in [0.717, 1.165) is 41.1 Å². The van der Waals surface area contributed by atoms with Crippen LogP contribution in [0.25, 0.3) is 10.2 Å². The molecule has 0 aliphatic carbocycles. The molecule has 2 N–H and O–H groups in total. The van der Waals surface area contributed by atoms with Crippen molar-refractivity contribution in [1.29, 1.82) is 0 Å². The number of esters is 1. The van der Waals surface area contributed by atoms with E-state index in [1.54, 1.807) is 22.5 Å². The van der Waals surface area contributed by atoms with E-state index in [2.05, 4.69) is 203 Å². The van der Waals surface area contributed by atoms with Crippen molar-refractivity contribution in [3.63, 3.8) is 0 Å². The van der Waals surface area contributed by atoms with Gasteiger partial charge in [-0.05, 0) is 134 Å². The number of aromatic nitrogens is 8. The number of hydrogen-bond acceptors (Lipinski definition) is 9. The second-order valence-corrected chi connectivity index (χ2v) is 26.0. The molecule has 0 amide bonds. The van der Waals surface area contributed by atoms with Gasteiger partial charge in [0.2, 0.25) is 0 Å². The van der Waals surface area contributed by atoms with Crippen LogP contribution in [0.4, 0.5) is 0 Å². The standard InChI is InChI=1S/C8H7BrN2O2S.C5H4Br2N2O.C4H2Br2N2O.C3HBr3N2.2CH4.2HI.V/c1-11-7-4(6(9)10-11)3-5(14-7)8(12)13-2;1-9-5(7)3(2-10)4(6)8-9;5-3-2(1-9)4(6)8-7-3;4-1-2(5)7-8-3(1)6;;;;;/h3H,1-2H3;2H,1H3;1H,(H,7,8);(H,7,8);2*1H4;2*1H;/q;;;;;;;;+2/p-2. The van der Waals surface area contributed by atoms with E-state index >= 15 is 0 Å². The maximum atomic E-state index is 11.2. The molecular formula is C22H22Br8I2N8O4SV. The van der Waals surface area contributed by atoms with E-state index in [-0.39, 0.29) is 20.8 Å². The number of thiophene rings is 1. The summed E-state index contributed by atoms with van der Waals surface area (Å²) in [6, 6.07) is 1.78. The molecule has 0 aliphatic heterocycles. The first-order valence-electron chi connectivity index (χ1n) is 10.5. The minimum atomic E-state index is -0.307. The van der Waals surface area contributed by atoms with Crippen molar-refractivity contribution in [2.45, 2.75) is 14.9 Å². The fourth-order valence-electron chi connectivity index (χ4n) is 2.48. The van der Waals surface area contributed by atoms with E-state index in [4.69, 9.17) is 0 Å². The van der Waals surface area contributed by atoms with Crippen LogP contribution in [0.5, 0.6) is 0 Å². The second kappa shape index (κ2) is 25.4. The molecule has 0 fully saturated rings. The van der Waals surface area contributed by atoms with Crippen LogP contribution in [0.15, 0.2) is 42.8 Å². The summed E-state index contributed by atoms with van der Waals surface area (Å²) in [6.45, 7) is 0. The summed E-state index contributed by atoms with van der Waals surface area (Å²) in [4.78, 5) is 33.3. The van der Waals surface area contributed by atoms with Crippen molar-refractivity contribution in [3.8, 4) is 0 Å². The van der Waals surface area contributed by atoms with E-state index in [1.807, 2.05) is 7.05 Å². The Bertz CT molecular complexity index is 1640. The van der Waals surface area contributed by atoms with Gasteiger partial charge >= 0.3 is 55.4 Å². The predicted octanol–water partition coefficient (Wildman–Crippen LogP) is 11.4. The van der Waals surface area contributed by atoms with E-state index < -0.39 is 0 Å². The van der Waals surface area contributed by atoms with Gasteiger partial charge in [-0.25, -0.2) is 4.79 Å². The molecule has 0 bridgehead atoms. The van der Waals surface area contributed by atoms with E-state index in [1.165, 1.54) is 18.4 Å². The SMILES string of the molecule is Brc1n[nH]c(Br)c1Br.C.C.COC(=O)c1cc2c(Br)nn(C)c2s1.Cn1nc(Br)c(C=O)c1Br.O=Cc1c(Br)n[nH]c1Br.[I][V][I]. The molecule has 255 valence electrons. The molecule has 12 nitrogen and oxygen atoms in total. The van der Waals surface area contributed by atoms with Gasteiger partial charge in [-0.15, -0.1) is 11.3 Å². The van der Waals surface area contributed by atoms with Crippen LogP contribution in [-0.2, 0) is 28.3 Å². The number of methoxy groups -OCH3 is 1. The molecule has 0 atom stereocenters. The molecule has 5 aromatic rings. The number of halogens is 10. The molecule has 5 aromatic heterocycles. The summed E-state index contributed by atoms with van der Waals surface area (Å²) in [5.74, 6) is -0.307. The average molecular weight is 1440 g/mol. The Morgan fingerprint density at radius 1 is 0.848 bits per heavy atom. The third-order valence-electron chi connectivity index (χ3n) is 4.39. The molecular weight excluding hydrogens is 1420 g/mol. The molecule has 0 radical (unpaired) electrons. The van der Waals surface area contributed by atoms with Gasteiger partial charge in [0.05, 0.1) is 22.7 Å². The topological polar surface area (TPSA) is 153 Å². The summed E-state index contributed by atoms with van der Waals surface area (Å²) in [7, 11) is 5.59. The van der Waals surface area contributed by atoms with Gasteiger partial charge in [-0.3, -0.25) is 29.2 Å². The van der Waals surface area contributed by atoms with Crippen LogP contribution in [-0.4, -0.2) is 65.6 Å². The number of rotatable bonds is 3. The van der Waals surface area contributed by atoms with Crippen molar-refractivity contribution < 1.29 is 28.6 Å².